The number of para-hydroxylation sites is 1. The molecule has 1 heterocycles. The predicted molar refractivity (Wildman–Crippen MR) is 107 cm³/mol. The number of non-ortho nitro benzene ring substituents is 1. The minimum absolute atomic E-state index is 0.0228. The third-order valence-electron chi connectivity index (χ3n) is 3.92. The van der Waals surface area contributed by atoms with Crippen molar-refractivity contribution < 1.29 is 9.72 Å². The highest BCUT2D eigenvalue weighted by Crippen LogP contribution is 2.21. The van der Waals surface area contributed by atoms with Gasteiger partial charge in [-0.15, -0.1) is 6.58 Å². The highest BCUT2D eigenvalue weighted by Gasteiger charge is 2.08. The van der Waals surface area contributed by atoms with E-state index in [2.05, 4.69) is 11.6 Å². The van der Waals surface area contributed by atoms with Gasteiger partial charge in [-0.2, -0.15) is 4.99 Å². The van der Waals surface area contributed by atoms with Crippen LogP contribution in [-0.4, -0.2) is 15.4 Å². The summed E-state index contributed by atoms with van der Waals surface area (Å²) >= 11 is 1.44. The number of nitro groups is 1. The van der Waals surface area contributed by atoms with Gasteiger partial charge in [0.2, 0.25) is 0 Å². The highest BCUT2D eigenvalue weighted by atomic mass is 32.1. The van der Waals surface area contributed by atoms with Gasteiger partial charge in [-0.25, -0.2) is 0 Å². The van der Waals surface area contributed by atoms with Gasteiger partial charge >= 0.3 is 0 Å². The molecule has 0 aliphatic carbocycles. The van der Waals surface area contributed by atoms with Gasteiger partial charge in [0, 0.05) is 24.8 Å². The SMILES string of the molecule is C=CCn1c(=NC(=O)/C=C/c2cccc([N+](=O)[O-])c2)sc2cccc(C)c21. The van der Waals surface area contributed by atoms with Gasteiger partial charge < -0.3 is 4.57 Å². The van der Waals surface area contributed by atoms with Gasteiger partial charge in [-0.3, -0.25) is 14.9 Å². The van der Waals surface area contributed by atoms with Crippen LogP contribution in [0.4, 0.5) is 5.69 Å². The molecule has 1 amide bonds. The number of hydrogen-bond donors (Lipinski definition) is 0. The lowest BCUT2D eigenvalue weighted by Gasteiger charge is -2.03. The lowest BCUT2D eigenvalue weighted by Crippen LogP contribution is -2.16. The molecule has 0 saturated carbocycles. The Morgan fingerprint density at radius 3 is 2.85 bits per heavy atom. The van der Waals surface area contributed by atoms with E-state index >= 15 is 0 Å². The zero-order valence-corrected chi connectivity index (χ0v) is 15.5. The van der Waals surface area contributed by atoms with Crippen molar-refractivity contribution in [2.24, 2.45) is 4.99 Å². The number of rotatable bonds is 5. The van der Waals surface area contributed by atoms with Crippen LogP contribution >= 0.6 is 11.3 Å². The summed E-state index contributed by atoms with van der Waals surface area (Å²) in [7, 11) is 0. The number of carbonyl (C=O) groups excluding carboxylic acids is 1. The monoisotopic (exact) mass is 379 g/mol. The number of benzene rings is 2. The molecule has 0 spiro atoms. The second kappa shape index (κ2) is 7.92. The molecule has 0 fully saturated rings. The Kier molecular flexibility index (Phi) is 5.42. The van der Waals surface area contributed by atoms with Gasteiger partial charge in [0.05, 0.1) is 15.1 Å². The molecular formula is C20H17N3O3S. The Morgan fingerprint density at radius 1 is 1.33 bits per heavy atom. The maximum Gasteiger partial charge on any atom is 0.272 e. The van der Waals surface area contributed by atoms with Crippen LogP contribution in [0.5, 0.6) is 0 Å². The van der Waals surface area contributed by atoms with E-state index in [1.807, 2.05) is 29.7 Å². The van der Waals surface area contributed by atoms with Gasteiger partial charge in [-0.1, -0.05) is 41.7 Å². The number of thiazole rings is 1. The Bertz CT molecular complexity index is 1140. The first kappa shape index (κ1) is 18.5. The van der Waals surface area contributed by atoms with Crippen molar-refractivity contribution in [2.75, 3.05) is 0 Å². The van der Waals surface area contributed by atoms with Crippen molar-refractivity contribution in [1.82, 2.24) is 4.57 Å². The van der Waals surface area contributed by atoms with Crippen molar-refractivity contribution in [2.45, 2.75) is 13.5 Å². The maximum absolute atomic E-state index is 12.3. The highest BCUT2D eigenvalue weighted by molar-refractivity contribution is 7.16. The number of amides is 1. The van der Waals surface area contributed by atoms with Gasteiger partial charge in [0.25, 0.3) is 11.6 Å². The number of carbonyl (C=O) groups is 1. The lowest BCUT2D eigenvalue weighted by molar-refractivity contribution is -0.384. The van der Waals surface area contributed by atoms with E-state index in [9.17, 15) is 14.9 Å². The van der Waals surface area contributed by atoms with Crippen LogP contribution < -0.4 is 4.80 Å². The van der Waals surface area contributed by atoms with Crippen LogP contribution in [0, 0.1) is 17.0 Å². The maximum atomic E-state index is 12.3. The summed E-state index contributed by atoms with van der Waals surface area (Å²) in [6, 6.07) is 12.1. The summed E-state index contributed by atoms with van der Waals surface area (Å²) in [5.74, 6) is -0.427. The average molecular weight is 379 g/mol. The quantitative estimate of drug-likeness (QED) is 0.288. The van der Waals surface area contributed by atoms with E-state index in [0.717, 1.165) is 15.8 Å². The van der Waals surface area contributed by atoms with Crippen molar-refractivity contribution in [3.63, 3.8) is 0 Å². The predicted octanol–water partition coefficient (Wildman–Crippen LogP) is 4.25. The van der Waals surface area contributed by atoms with Crippen LogP contribution in [0.2, 0.25) is 0 Å². The number of allylic oxidation sites excluding steroid dienone is 1. The molecule has 0 unspecified atom stereocenters. The van der Waals surface area contributed by atoms with Crippen LogP contribution in [0.1, 0.15) is 11.1 Å². The molecule has 0 saturated heterocycles. The van der Waals surface area contributed by atoms with E-state index in [1.165, 1.54) is 35.6 Å². The topological polar surface area (TPSA) is 77.5 Å². The molecule has 3 aromatic rings. The zero-order valence-electron chi connectivity index (χ0n) is 14.7. The molecule has 6 nitrogen and oxygen atoms in total. The molecule has 136 valence electrons. The van der Waals surface area contributed by atoms with Crippen molar-refractivity contribution in [3.05, 3.63) is 87.2 Å². The summed E-state index contributed by atoms with van der Waals surface area (Å²) in [5.41, 5.74) is 2.69. The summed E-state index contributed by atoms with van der Waals surface area (Å²) in [5, 5.41) is 10.8. The zero-order chi connectivity index (χ0) is 19.4. The van der Waals surface area contributed by atoms with E-state index in [-0.39, 0.29) is 5.69 Å². The van der Waals surface area contributed by atoms with Crippen LogP contribution in [0.25, 0.3) is 16.3 Å². The molecule has 7 heteroatoms. The Labute approximate surface area is 159 Å². The van der Waals surface area contributed by atoms with Gasteiger partial charge in [0.1, 0.15) is 0 Å². The molecule has 0 aliphatic rings. The summed E-state index contributed by atoms with van der Waals surface area (Å²) in [4.78, 5) is 27.5. The largest absolute Gasteiger partial charge is 0.312 e. The first-order valence-corrected chi connectivity index (χ1v) is 9.02. The average Bonchev–Trinajstić information content (AvgIpc) is 2.99. The molecule has 0 atom stereocenters. The molecule has 0 aliphatic heterocycles. The normalized spacial score (nSPS) is 12.0. The molecular weight excluding hydrogens is 362 g/mol. The van der Waals surface area contributed by atoms with Gasteiger partial charge in [0.15, 0.2) is 4.80 Å². The summed E-state index contributed by atoms with van der Waals surface area (Å²) in [6.07, 6.45) is 4.60. The minimum Gasteiger partial charge on any atom is -0.312 e. The minimum atomic E-state index is -0.471. The van der Waals surface area contributed by atoms with E-state index in [0.29, 0.717) is 16.9 Å². The lowest BCUT2D eigenvalue weighted by atomic mass is 10.2. The first-order valence-electron chi connectivity index (χ1n) is 8.20. The van der Waals surface area contributed by atoms with Crippen molar-refractivity contribution in [1.29, 1.82) is 0 Å². The molecule has 27 heavy (non-hydrogen) atoms. The molecule has 3 rings (SSSR count). The first-order chi connectivity index (χ1) is 13.0. The third kappa shape index (κ3) is 4.09. The van der Waals surface area contributed by atoms with E-state index in [1.54, 1.807) is 18.2 Å². The second-order valence-corrected chi connectivity index (χ2v) is 6.85. The third-order valence-corrected chi connectivity index (χ3v) is 4.96. The molecule has 0 bridgehead atoms. The van der Waals surface area contributed by atoms with Crippen LogP contribution in [0.3, 0.4) is 0 Å². The number of nitrogens with zero attached hydrogens (tertiary/aromatic N) is 3. The second-order valence-electron chi connectivity index (χ2n) is 5.84. The molecule has 0 N–H and O–H groups in total. The summed E-state index contributed by atoms with van der Waals surface area (Å²) in [6.45, 7) is 6.34. The Balaban J connectivity index is 1.97. The smallest absolute Gasteiger partial charge is 0.272 e. The molecule has 2 aromatic carbocycles. The number of fused-ring (bicyclic) bond motifs is 1. The van der Waals surface area contributed by atoms with Gasteiger partial charge in [-0.05, 0) is 30.2 Å². The van der Waals surface area contributed by atoms with Crippen molar-refractivity contribution >= 4 is 39.2 Å². The Morgan fingerprint density at radius 2 is 2.11 bits per heavy atom. The van der Waals surface area contributed by atoms with Crippen LogP contribution in [0.15, 0.2) is 66.2 Å². The number of aromatic nitrogens is 1. The fourth-order valence-electron chi connectivity index (χ4n) is 2.73. The fourth-order valence-corrected chi connectivity index (χ4v) is 3.85. The number of aryl methyl sites for hydroxylation is 1. The number of hydrogen-bond acceptors (Lipinski definition) is 4. The summed E-state index contributed by atoms with van der Waals surface area (Å²) < 4.78 is 3.01. The van der Waals surface area contributed by atoms with Crippen molar-refractivity contribution in [3.8, 4) is 0 Å². The Hall–Kier alpha value is -3.32. The molecule has 0 radical (unpaired) electrons. The van der Waals surface area contributed by atoms with E-state index in [4.69, 9.17) is 0 Å². The standard InChI is InChI=1S/C20H17N3O3S/c1-3-12-22-19-14(2)6-4-9-17(19)27-20(22)21-18(24)11-10-15-7-5-8-16(13-15)23(25)26/h3-11,13H,1,12H2,2H3/b11-10+,21-20?. The van der Waals surface area contributed by atoms with E-state index < -0.39 is 10.8 Å². The fraction of sp³-hybridized carbons (Fsp3) is 0.100. The van der Waals surface area contributed by atoms with Crippen LogP contribution in [-0.2, 0) is 11.3 Å². The number of nitro benzene ring substituents is 1. The molecule has 1 aromatic heterocycles.